The van der Waals surface area contributed by atoms with E-state index in [9.17, 15) is 5.11 Å². The standard InChI is InChI=1S/C15H23NO3/c1-11(17)15-13(5-4-6-14(15)19-3)16-9-7-12(18-2)8-10-16/h4-6,11-12,17H,7-10H2,1-3H3/t11-/m1/s1. The van der Waals surface area contributed by atoms with Crippen molar-refractivity contribution in [3.8, 4) is 5.75 Å². The third-order valence-electron chi connectivity index (χ3n) is 3.80. The second kappa shape index (κ2) is 6.26. The molecule has 0 spiro atoms. The summed E-state index contributed by atoms with van der Waals surface area (Å²) in [5, 5.41) is 10.0. The fourth-order valence-corrected chi connectivity index (χ4v) is 2.74. The van der Waals surface area contributed by atoms with Crippen molar-refractivity contribution < 1.29 is 14.6 Å². The van der Waals surface area contributed by atoms with E-state index in [0.717, 1.165) is 42.9 Å². The molecule has 4 nitrogen and oxygen atoms in total. The molecule has 0 amide bonds. The summed E-state index contributed by atoms with van der Waals surface area (Å²) in [6.07, 6.45) is 1.86. The average Bonchev–Trinajstić information content (AvgIpc) is 2.46. The number of aliphatic hydroxyl groups is 1. The van der Waals surface area contributed by atoms with E-state index in [2.05, 4.69) is 11.0 Å². The monoisotopic (exact) mass is 265 g/mol. The normalized spacial score (nSPS) is 18.4. The van der Waals surface area contributed by atoms with E-state index >= 15 is 0 Å². The highest BCUT2D eigenvalue weighted by molar-refractivity contribution is 5.60. The van der Waals surface area contributed by atoms with E-state index in [1.54, 1.807) is 21.1 Å². The summed E-state index contributed by atoms with van der Waals surface area (Å²) in [6.45, 7) is 3.68. The zero-order valence-electron chi connectivity index (χ0n) is 11.9. The molecule has 1 atom stereocenters. The third-order valence-corrected chi connectivity index (χ3v) is 3.80. The molecule has 0 bridgehead atoms. The van der Waals surface area contributed by atoms with Gasteiger partial charge in [-0.1, -0.05) is 6.07 Å². The Hall–Kier alpha value is -1.26. The van der Waals surface area contributed by atoms with Crippen LogP contribution in [-0.4, -0.2) is 38.5 Å². The number of rotatable bonds is 4. The molecule has 0 saturated carbocycles. The van der Waals surface area contributed by atoms with Crippen LogP contribution in [0.5, 0.6) is 5.75 Å². The maximum absolute atomic E-state index is 10.0. The first-order valence-corrected chi connectivity index (χ1v) is 6.80. The molecular formula is C15H23NO3. The lowest BCUT2D eigenvalue weighted by Crippen LogP contribution is -2.37. The Bertz CT molecular complexity index is 412. The van der Waals surface area contributed by atoms with Gasteiger partial charge in [0.05, 0.1) is 19.3 Å². The number of benzene rings is 1. The zero-order valence-corrected chi connectivity index (χ0v) is 11.9. The van der Waals surface area contributed by atoms with Gasteiger partial charge in [-0.25, -0.2) is 0 Å². The van der Waals surface area contributed by atoms with Crippen molar-refractivity contribution in [1.82, 2.24) is 0 Å². The van der Waals surface area contributed by atoms with Gasteiger partial charge in [-0.3, -0.25) is 0 Å². The molecule has 1 fully saturated rings. The van der Waals surface area contributed by atoms with Gasteiger partial charge in [-0.15, -0.1) is 0 Å². The Morgan fingerprint density at radius 3 is 2.47 bits per heavy atom. The SMILES string of the molecule is COc1cccc(N2CCC(OC)CC2)c1[C@@H](C)O. The van der Waals surface area contributed by atoms with Gasteiger partial charge in [-0.05, 0) is 31.9 Å². The van der Waals surface area contributed by atoms with Crippen molar-refractivity contribution in [1.29, 1.82) is 0 Å². The Balaban J connectivity index is 2.25. The highest BCUT2D eigenvalue weighted by Crippen LogP contribution is 2.35. The maximum atomic E-state index is 10.0. The minimum absolute atomic E-state index is 0.358. The zero-order chi connectivity index (χ0) is 13.8. The maximum Gasteiger partial charge on any atom is 0.126 e. The number of anilines is 1. The summed E-state index contributed by atoms with van der Waals surface area (Å²) in [5.41, 5.74) is 1.95. The minimum atomic E-state index is -0.536. The quantitative estimate of drug-likeness (QED) is 0.907. The molecule has 1 aliphatic rings. The predicted molar refractivity (Wildman–Crippen MR) is 75.9 cm³/mol. The number of hydrogen-bond donors (Lipinski definition) is 1. The van der Waals surface area contributed by atoms with Crippen LogP contribution < -0.4 is 9.64 Å². The van der Waals surface area contributed by atoms with E-state index in [0.29, 0.717) is 6.10 Å². The summed E-state index contributed by atoms with van der Waals surface area (Å²) < 4.78 is 10.8. The largest absolute Gasteiger partial charge is 0.496 e. The van der Waals surface area contributed by atoms with Gasteiger partial charge in [0, 0.05) is 31.5 Å². The third kappa shape index (κ3) is 3.01. The van der Waals surface area contributed by atoms with E-state index in [1.807, 2.05) is 12.1 Å². The molecule has 0 aliphatic carbocycles. The molecule has 1 heterocycles. The van der Waals surface area contributed by atoms with Gasteiger partial charge in [0.25, 0.3) is 0 Å². The van der Waals surface area contributed by atoms with Crippen molar-refractivity contribution in [2.75, 3.05) is 32.2 Å². The molecule has 1 saturated heterocycles. The Morgan fingerprint density at radius 1 is 1.26 bits per heavy atom. The van der Waals surface area contributed by atoms with Crippen LogP contribution >= 0.6 is 0 Å². The highest BCUT2D eigenvalue weighted by atomic mass is 16.5. The van der Waals surface area contributed by atoms with Crippen LogP contribution in [0.15, 0.2) is 18.2 Å². The van der Waals surface area contributed by atoms with Crippen LogP contribution in [-0.2, 0) is 4.74 Å². The predicted octanol–water partition coefficient (Wildman–Crippen LogP) is 2.36. The molecule has 1 aromatic carbocycles. The van der Waals surface area contributed by atoms with Crippen LogP contribution in [0.4, 0.5) is 5.69 Å². The molecule has 1 aromatic rings. The van der Waals surface area contributed by atoms with Crippen LogP contribution in [0.2, 0.25) is 0 Å². The summed E-state index contributed by atoms with van der Waals surface area (Å²) in [5.74, 6) is 0.751. The fourth-order valence-electron chi connectivity index (χ4n) is 2.74. The molecule has 19 heavy (non-hydrogen) atoms. The second-order valence-corrected chi connectivity index (χ2v) is 4.99. The number of methoxy groups -OCH3 is 2. The van der Waals surface area contributed by atoms with Gasteiger partial charge >= 0.3 is 0 Å². The summed E-state index contributed by atoms with van der Waals surface area (Å²) in [4.78, 5) is 2.31. The van der Waals surface area contributed by atoms with E-state index < -0.39 is 6.10 Å². The van der Waals surface area contributed by atoms with Crippen molar-refractivity contribution in [3.63, 3.8) is 0 Å². The Morgan fingerprint density at radius 2 is 1.95 bits per heavy atom. The molecule has 2 rings (SSSR count). The summed E-state index contributed by atoms with van der Waals surface area (Å²) >= 11 is 0. The molecule has 0 unspecified atom stereocenters. The number of piperidine rings is 1. The first-order valence-electron chi connectivity index (χ1n) is 6.80. The van der Waals surface area contributed by atoms with Gasteiger partial charge in [0.1, 0.15) is 5.75 Å². The van der Waals surface area contributed by atoms with Gasteiger partial charge < -0.3 is 19.5 Å². The lowest BCUT2D eigenvalue weighted by molar-refractivity contribution is 0.0818. The fraction of sp³-hybridized carbons (Fsp3) is 0.600. The molecule has 1 aliphatic heterocycles. The molecule has 106 valence electrons. The van der Waals surface area contributed by atoms with Crippen molar-refractivity contribution in [2.45, 2.75) is 32.0 Å². The summed E-state index contributed by atoms with van der Waals surface area (Å²) in [7, 11) is 3.41. The molecule has 1 N–H and O–H groups in total. The second-order valence-electron chi connectivity index (χ2n) is 4.99. The van der Waals surface area contributed by atoms with Crippen LogP contribution in [0.3, 0.4) is 0 Å². The average molecular weight is 265 g/mol. The lowest BCUT2D eigenvalue weighted by atomic mass is 10.0. The number of nitrogens with zero attached hydrogens (tertiary/aromatic N) is 1. The van der Waals surface area contributed by atoms with Crippen LogP contribution in [0, 0.1) is 0 Å². The number of ether oxygens (including phenoxy) is 2. The van der Waals surface area contributed by atoms with Crippen LogP contribution in [0.25, 0.3) is 0 Å². The number of aliphatic hydroxyl groups excluding tert-OH is 1. The highest BCUT2D eigenvalue weighted by Gasteiger charge is 2.23. The minimum Gasteiger partial charge on any atom is -0.496 e. The summed E-state index contributed by atoms with van der Waals surface area (Å²) in [6, 6.07) is 5.92. The van der Waals surface area contributed by atoms with Crippen molar-refractivity contribution in [3.05, 3.63) is 23.8 Å². The smallest absolute Gasteiger partial charge is 0.126 e. The molecule has 0 radical (unpaired) electrons. The van der Waals surface area contributed by atoms with Crippen molar-refractivity contribution in [2.24, 2.45) is 0 Å². The van der Waals surface area contributed by atoms with E-state index in [-0.39, 0.29) is 0 Å². The first kappa shape index (κ1) is 14.2. The van der Waals surface area contributed by atoms with Gasteiger partial charge in [0.15, 0.2) is 0 Å². The number of hydrogen-bond acceptors (Lipinski definition) is 4. The Labute approximate surface area is 114 Å². The lowest BCUT2D eigenvalue weighted by Gasteiger charge is -2.35. The molecular weight excluding hydrogens is 242 g/mol. The van der Waals surface area contributed by atoms with E-state index in [1.165, 1.54) is 0 Å². The van der Waals surface area contributed by atoms with E-state index in [4.69, 9.17) is 9.47 Å². The topological polar surface area (TPSA) is 41.9 Å². The first-order chi connectivity index (χ1) is 9.17. The van der Waals surface area contributed by atoms with Crippen LogP contribution in [0.1, 0.15) is 31.4 Å². The molecule has 4 heteroatoms. The van der Waals surface area contributed by atoms with Gasteiger partial charge in [0.2, 0.25) is 0 Å². The molecule has 0 aromatic heterocycles. The van der Waals surface area contributed by atoms with Gasteiger partial charge in [-0.2, -0.15) is 0 Å². The Kier molecular flexibility index (Phi) is 4.66. The van der Waals surface area contributed by atoms with Crippen molar-refractivity contribution >= 4 is 5.69 Å².